The molecule has 112 valence electrons. The highest BCUT2D eigenvalue weighted by Gasteiger charge is 2.31. The van der Waals surface area contributed by atoms with Gasteiger partial charge in [0.25, 0.3) is 0 Å². The summed E-state index contributed by atoms with van der Waals surface area (Å²) >= 11 is 0. The fourth-order valence-corrected chi connectivity index (χ4v) is 2.47. The molecule has 1 fully saturated rings. The fraction of sp³-hybridized carbons (Fsp3) is 0.471. The second kappa shape index (κ2) is 6.31. The average Bonchev–Trinajstić information content (AvgIpc) is 3.20. The van der Waals surface area contributed by atoms with E-state index in [1.54, 1.807) is 6.26 Å². The predicted molar refractivity (Wildman–Crippen MR) is 84.1 cm³/mol. The first-order valence-corrected chi connectivity index (χ1v) is 7.70. The monoisotopic (exact) mass is 285 g/mol. The molecule has 0 unspecified atom stereocenters. The zero-order chi connectivity index (χ0) is 14.7. The van der Waals surface area contributed by atoms with E-state index in [-0.39, 0.29) is 0 Å². The van der Waals surface area contributed by atoms with Gasteiger partial charge in [-0.1, -0.05) is 19.9 Å². The Labute approximate surface area is 126 Å². The van der Waals surface area contributed by atoms with Crippen molar-refractivity contribution < 1.29 is 4.42 Å². The van der Waals surface area contributed by atoms with E-state index < -0.39 is 0 Å². The van der Waals surface area contributed by atoms with Crippen LogP contribution in [0.1, 0.15) is 38.0 Å². The first-order chi connectivity index (χ1) is 10.2. The van der Waals surface area contributed by atoms with Gasteiger partial charge in [-0.25, -0.2) is 4.98 Å². The number of hydrogen-bond donors (Lipinski definition) is 1. The third-order valence-corrected chi connectivity index (χ3v) is 3.73. The highest BCUT2D eigenvalue weighted by Crippen LogP contribution is 2.33. The fourth-order valence-electron chi connectivity index (χ4n) is 2.47. The molecule has 0 bridgehead atoms. The molecule has 21 heavy (non-hydrogen) atoms. The molecule has 2 aromatic rings. The molecule has 1 N–H and O–H groups in total. The third kappa shape index (κ3) is 3.64. The van der Waals surface area contributed by atoms with Gasteiger partial charge in [-0.05, 0) is 31.0 Å². The molecule has 3 rings (SSSR count). The van der Waals surface area contributed by atoms with Crippen LogP contribution in [0.2, 0.25) is 0 Å². The van der Waals surface area contributed by atoms with Crippen molar-refractivity contribution in [2.45, 2.75) is 51.9 Å². The summed E-state index contributed by atoms with van der Waals surface area (Å²) in [5, 5.41) is 3.49. The van der Waals surface area contributed by atoms with Crippen molar-refractivity contribution in [3.8, 4) is 0 Å². The van der Waals surface area contributed by atoms with Crippen molar-refractivity contribution in [3.63, 3.8) is 0 Å². The summed E-state index contributed by atoms with van der Waals surface area (Å²) < 4.78 is 5.52. The van der Waals surface area contributed by atoms with Gasteiger partial charge in [0.05, 0.1) is 12.8 Å². The van der Waals surface area contributed by atoms with Crippen LogP contribution in [0.25, 0.3) is 0 Å². The maximum Gasteiger partial charge on any atom is 0.133 e. The van der Waals surface area contributed by atoms with Crippen molar-refractivity contribution in [3.05, 3.63) is 48.0 Å². The van der Waals surface area contributed by atoms with Crippen molar-refractivity contribution in [2.24, 2.45) is 0 Å². The van der Waals surface area contributed by atoms with Crippen LogP contribution < -0.4 is 10.2 Å². The lowest BCUT2D eigenvalue weighted by Gasteiger charge is -2.25. The Kier molecular flexibility index (Phi) is 4.25. The molecular formula is C17H23N3O. The average molecular weight is 285 g/mol. The minimum atomic E-state index is 0.470. The van der Waals surface area contributed by atoms with Crippen molar-refractivity contribution in [1.29, 1.82) is 0 Å². The molecule has 0 saturated heterocycles. The summed E-state index contributed by atoms with van der Waals surface area (Å²) in [5.41, 5.74) is 1.25. The van der Waals surface area contributed by atoms with E-state index in [2.05, 4.69) is 35.1 Å². The van der Waals surface area contributed by atoms with Gasteiger partial charge >= 0.3 is 0 Å². The molecule has 1 aliphatic rings. The van der Waals surface area contributed by atoms with Gasteiger partial charge in [-0.3, -0.25) is 0 Å². The SMILES string of the molecule is CC(C)NCc1cccnc1N(Cc1ccco1)C1CC1. The minimum Gasteiger partial charge on any atom is -0.467 e. The lowest BCUT2D eigenvalue weighted by molar-refractivity contribution is 0.499. The number of aromatic nitrogens is 1. The molecule has 0 amide bonds. The maximum absolute atomic E-state index is 5.52. The van der Waals surface area contributed by atoms with Gasteiger partial charge in [-0.15, -0.1) is 0 Å². The first-order valence-electron chi connectivity index (χ1n) is 7.70. The van der Waals surface area contributed by atoms with Gasteiger partial charge in [0.15, 0.2) is 0 Å². The Hall–Kier alpha value is -1.81. The van der Waals surface area contributed by atoms with E-state index in [1.807, 2.05) is 24.4 Å². The summed E-state index contributed by atoms with van der Waals surface area (Å²) in [6.07, 6.45) is 6.11. The number of nitrogens with zero attached hydrogens (tertiary/aromatic N) is 2. The highest BCUT2D eigenvalue weighted by molar-refractivity contribution is 5.49. The number of pyridine rings is 1. The van der Waals surface area contributed by atoms with E-state index >= 15 is 0 Å². The lowest BCUT2D eigenvalue weighted by Crippen LogP contribution is -2.29. The molecule has 1 saturated carbocycles. The van der Waals surface area contributed by atoms with Crippen LogP contribution in [0.15, 0.2) is 41.1 Å². The second-order valence-corrected chi connectivity index (χ2v) is 5.96. The predicted octanol–water partition coefficient (Wildman–Crippen LogP) is 3.34. The Morgan fingerprint density at radius 2 is 2.19 bits per heavy atom. The number of hydrogen-bond acceptors (Lipinski definition) is 4. The standard InChI is InChI=1S/C17H23N3O/c1-13(2)19-11-14-5-3-9-18-17(14)20(15-7-8-15)12-16-6-4-10-21-16/h3-6,9-10,13,15,19H,7-8,11-12H2,1-2H3. The summed E-state index contributed by atoms with van der Waals surface area (Å²) in [5.74, 6) is 2.08. The zero-order valence-electron chi connectivity index (χ0n) is 12.7. The molecule has 1 aliphatic carbocycles. The van der Waals surface area contributed by atoms with E-state index in [1.165, 1.54) is 18.4 Å². The van der Waals surface area contributed by atoms with Gasteiger partial charge in [-0.2, -0.15) is 0 Å². The summed E-state index contributed by atoms with van der Waals surface area (Å²) in [6.45, 7) is 5.97. The number of nitrogens with one attached hydrogen (secondary N) is 1. The molecule has 4 nitrogen and oxygen atoms in total. The van der Waals surface area contributed by atoms with E-state index in [0.29, 0.717) is 12.1 Å². The second-order valence-electron chi connectivity index (χ2n) is 5.96. The molecular weight excluding hydrogens is 262 g/mol. The largest absolute Gasteiger partial charge is 0.467 e. The van der Waals surface area contributed by atoms with Crippen molar-refractivity contribution in [2.75, 3.05) is 4.90 Å². The topological polar surface area (TPSA) is 41.3 Å². The van der Waals surface area contributed by atoms with Gasteiger partial charge in [0.1, 0.15) is 11.6 Å². The van der Waals surface area contributed by atoms with Crippen LogP contribution in [-0.4, -0.2) is 17.1 Å². The Balaban J connectivity index is 1.81. The van der Waals surface area contributed by atoms with E-state index in [0.717, 1.165) is 24.7 Å². The molecule has 2 heterocycles. The minimum absolute atomic E-state index is 0.470. The van der Waals surface area contributed by atoms with Crippen LogP contribution >= 0.6 is 0 Å². The van der Waals surface area contributed by atoms with Gasteiger partial charge < -0.3 is 14.6 Å². The zero-order valence-corrected chi connectivity index (χ0v) is 12.7. The summed E-state index contributed by atoms with van der Waals surface area (Å²) in [4.78, 5) is 7.03. The van der Waals surface area contributed by atoms with Crippen LogP contribution in [0.4, 0.5) is 5.82 Å². The molecule has 0 atom stereocenters. The quantitative estimate of drug-likeness (QED) is 0.847. The number of rotatable bonds is 7. The molecule has 0 radical (unpaired) electrons. The molecule has 0 aliphatic heterocycles. The van der Waals surface area contributed by atoms with Crippen molar-refractivity contribution in [1.82, 2.24) is 10.3 Å². The molecule has 0 aromatic carbocycles. The Bertz CT molecular complexity index is 561. The normalized spacial score (nSPS) is 14.6. The highest BCUT2D eigenvalue weighted by atomic mass is 16.3. The molecule has 4 heteroatoms. The maximum atomic E-state index is 5.52. The van der Waals surface area contributed by atoms with Gasteiger partial charge in [0.2, 0.25) is 0 Å². The van der Waals surface area contributed by atoms with Gasteiger partial charge in [0, 0.05) is 30.4 Å². The molecule has 0 spiro atoms. The smallest absolute Gasteiger partial charge is 0.133 e. The summed E-state index contributed by atoms with van der Waals surface area (Å²) in [7, 11) is 0. The van der Waals surface area contributed by atoms with Crippen LogP contribution in [0.5, 0.6) is 0 Å². The first kappa shape index (κ1) is 14.1. The van der Waals surface area contributed by atoms with E-state index in [4.69, 9.17) is 4.42 Å². The Morgan fingerprint density at radius 1 is 1.33 bits per heavy atom. The Morgan fingerprint density at radius 3 is 2.86 bits per heavy atom. The number of furan rings is 1. The van der Waals surface area contributed by atoms with Crippen LogP contribution in [0, 0.1) is 0 Å². The van der Waals surface area contributed by atoms with Crippen molar-refractivity contribution >= 4 is 5.82 Å². The third-order valence-electron chi connectivity index (χ3n) is 3.73. The number of anilines is 1. The van der Waals surface area contributed by atoms with Crippen LogP contribution in [0.3, 0.4) is 0 Å². The molecule has 2 aromatic heterocycles. The van der Waals surface area contributed by atoms with E-state index in [9.17, 15) is 0 Å². The summed E-state index contributed by atoms with van der Waals surface area (Å²) in [6, 6.07) is 9.22. The van der Waals surface area contributed by atoms with Crippen LogP contribution in [-0.2, 0) is 13.1 Å². The lowest BCUT2D eigenvalue weighted by atomic mass is 10.2.